The zero-order valence-electron chi connectivity index (χ0n) is 10.7. The summed E-state index contributed by atoms with van der Waals surface area (Å²) in [4.78, 5) is 0.589. The number of aliphatic hydroxyl groups excluding tert-OH is 1. The summed E-state index contributed by atoms with van der Waals surface area (Å²) in [7, 11) is 3.27. The second-order valence-electron chi connectivity index (χ2n) is 4.19. The zero-order chi connectivity index (χ0) is 14.7. The van der Waals surface area contributed by atoms with Crippen LogP contribution >= 0.6 is 18.6 Å². The van der Waals surface area contributed by atoms with Gasteiger partial charge in [0.25, 0.3) is 0 Å². The van der Waals surface area contributed by atoms with Crippen molar-refractivity contribution in [3.63, 3.8) is 0 Å². The Kier molecular flexibility index (Phi) is 4.06. The second-order valence-corrected chi connectivity index (χ2v) is 9.98. The molecule has 1 aromatic carbocycles. The van der Waals surface area contributed by atoms with Crippen molar-refractivity contribution in [1.82, 2.24) is 10.2 Å². The third-order valence-electron chi connectivity index (χ3n) is 3.03. The lowest BCUT2D eigenvalue weighted by Crippen LogP contribution is -2.18. The average molecular weight is 311 g/mol. The van der Waals surface area contributed by atoms with Crippen molar-refractivity contribution in [3.8, 4) is 0 Å². The van der Waals surface area contributed by atoms with Crippen molar-refractivity contribution in [1.29, 1.82) is 0 Å². The van der Waals surface area contributed by atoms with Gasteiger partial charge >= 0.3 is 0 Å². The molecule has 0 aliphatic heterocycles. The van der Waals surface area contributed by atoms with Gasteiger partial charge in [-0.25, -0.2) is 0 Å². The topological polar surface area (TPSA) is 66.2 Å². The number of hydrogen-bond donors (Lipinski definition) is 2. The second kappa shape index (κ2) is 5.46. The third-order valence-corrected chi connectivity index (χ3v) is 8.80. The van der Waals surface area contributed by atoms with E-state index >= 15 is 0 Å². The summed E-state index contributed by atoms with van der Waals surface area (Å²) in [5.41, 5.74) is 0. The van der Waals surface area contributed by atoms with Gasteiger partial charge < -0.3 is 10.2 Å². The highest BCUT2D eigenvalue weighted by Gasteiger charge is 2.40. The fraction of sp³-hybridized carbons (Fsp3) is 0.0714. The molecular weight excluding hydrogens is 296 g/mol. The van der Waals surface area contributed by atoms with Crippen LogP contribution in [0.25, 0.3) is 0 Å². The van der Waals surface area contributed by atoms with Gasteiger partial charge in [-0.2, -0.15) is 5.10 Å². The van der Waals surface area contributed by atoms with E-state index in [9.17, 15) is 10.2 Å². The van der Waals surface area contributed by atoms with Crippen molar-refractivity contribution >= 4 is 23.9 Å². The Morgan fingerprint density at radius 1 is 1.20 bits per heavy atom. The molecule has 6 heteroatoms. The summed E-state index contributed by atoms with van der Waals surface area (Å²) < 4.78 is 0. The Bertz CT molecular complexity index is 639. The Morgan fingerprint density at radius 2 is 1.90 bits per heavy atom. The highest BCUT2D eigenvalue weighted by molar-refractivity contribution is 8.63. The van der Waals surface area contributed by atoms with Gasteiger partial charge in [-0.3, -0.25) is 0 Å². The molecule has 1 aromatic heterocycles. The van der Waals surface area contributed by atoms with Crippen LogP contribution in [-0.4, -0.2) is 31.4 Å². The molecular formula is C14H15ClN2O2S. The van der Waals surface area contributed by atoms with Crippen LogP contribution in [-0.2, 0) is 0 Å². The monoisotopic (exact) mass is 310 g/mol. The van der Waals surface area contributed by atoms with Crippen molar-refractivity contribution in [2.45, 2.75) is 9.92 Å². The predicted molar refractivity (Wildman–Crippen MR) is 83.8 cm³/mol. The highest BCUT2D eigenvalue weighted by Crippen LogP contribution is 2.75. The molecule has 0 saturated carbocycles. The smallest absolute Gasteiger partial charge is 0.211 e. The van der Waals surface area contributed by atoms with E-state index in [2.05, 4.69) is 16.8 Å². The summed E-state index contributed by atoms with van der Waals surface area (Å²) in [6, 6.07) is 12.2. The van der Waals surface area contributed by atoms with Crippen LogP contribution in [0.4, 0.5) is 0 Å². The Morgan fingerprint density at radius 3 is 2.40 bits per heavy atom. The SMILES string of the molecule is C=CCS(Cl)(=C(O)O)(c1ccccc1)c1cccnn1. The quantitative estimate of drug-likeness (QED) is 0.666. The number of nitrogens with zero attached hydrogens (tertiary/aromatic N) is 2. The van der Waals surface area contributed by atoms with Gasteiger partial charge in [0.1, 0.15) is 5.03 Å². The summed E-state index contributed by atoms with van der Waals surface area (Å²) in [6.45, 7) is 3.68. The van der Waals surface area contributed by atoms with E-state index < -0.39 is 13.2 Å². The molecule has 106 valence electrons. The fourth-order valence-corrected chi connectivity index (χ4v) is 5.74. The molecule has 4 nitrogen and oxygen atoms in total. The molecule has 0 amide bonds. The maximum absolute atomic E-state index is 10.0. The predicted octanol–water partition coefficient (Wildman–Crippen LogP) is 3.78. The van der Waals surface area contributed by atoms with Gasteiger partial charge in [-0.1, -0.05) is 42.9 Å². The van der Waals surface area contributed by atoms with Gasteiger partial charge in [-0.05, 0) is 24.3 Å². The van der Waals surface area contributed by atoms with E-state index in [0.717, 1.165) is 0 Å². The van der Waals surface area contributed by atoms with Gasteiger partial charge in [0.05, 0.1) is 0 Å². The van der Waals surface area contributed by atoms with Crippen LogP contribution in [0.3, 0.4) is 0 Å². The largest absolute Gasteiger partial charge is 0.336 e. The van der Waals surface area contributed by atoms with Crippen molar-refractivity contribution in [2.75, 3.05) is 5.75 Å². The Balaban J connectivity index is 2.95. The van der Waals surface area contributed by atoms with Crippen LogP contribution in [0.1, 0.15) is 0 Å². The number of hydrogen-bond acceptors (Lipinski definition) is 2. The molecule has 0 atom stereocenters. The molecule has 20 heavy (non-hydrogen) atoms. The Hall–Kier alpha value is -1.53. The van der Waals surface area contributed by atoms with Crippen LogP contribution in [0.2, 0.25) is 0 Å². The molecule has 0 spiro atoms. The molecule has 0 aliphatic rings. The normalized spacial score (nSPS) is 13.2. The molecule has 0 radical (unpaired) electrons. The molecule has 0 aliphatic carbocycles. The molecule has 2 rings (SSSR count). The van der Waals surface area contributed by atoms with E-state index in [-0.39, 0.29) is 5.75 Å². The minimum atomic E-state index is -3.61. The molecule has 2 N–H and O–H groups in total. The van der Waals surface area contributed by atoms with Gasteiger partial charge in [0, 0.05) is 16.8 Å². The molecule has 0 bridgehead atoms. The van der Waals surface area contributed by atoms with E-state index in [1.807, 2.05) is 6.07 Å². The zero-order valence-corrected chi connectivity index (χ0v) is 12.3. The van der Waals surface area contributed by atoms with Crippen molar-refractivity contribution in [3.05, 3.63) is 61.3 Å². The van der Waals surface area contributed by atoms with Crippen LogP contribution in [0.15, 0.2) is 71.2 Å². The summed E-state index contributed by atoms with van der Waals surface area (Å²) in [6.07, 6.45) is 3.06. The average Bonchev–Trinajstić information content (AvgIpc) is 2.49. The van der Waals surface area contributed by atoms with E-state index in [1.165, 1.54) is 6.20 Å². The summed E-state index contributed by atoms with van der Waals surface area (Å²) in [5.74, 6) is 0.157. The first-order valence-electron chi connectivity index (χ1n) is 5.87. The van der Waals surface area contributed by atoms with E-state index in [4.69, 9.17) is 10.7 Å². The highest BCUT2D eigenvalue weighted by atomic mass is 35.7. The Labute approximate surface area is 121 Å². The van der Waals surface area contributed by atoms with E-state index in [1.54, 1.807) is 42.5 Å². The number of aromatic nitrogens is 2. The van der Waals surface area contributed by atoms with Crippen LogP contribution in [0, 0.1) is 0 Å². The molecule has 0 saturated heterocycles. The third kappa shape index (κ3) is 2.09. The molecule has 1 heterocycles. The maximum Gasteiger partial charge on any atom is 0.211 e. The molecule has 0 unspecified atom stereocenters. The fourth-order valence-electron chi connectivity index (χ4n) is 2.02. The van der Waals surface area contributed by atoms with Crippen LogP contribution < -0.4 is 0 Å². The maximum atomic E-state index is 10.0. The lowest BCUT2D eigenvalue weighted by atomic mass is 10.4. The van der Waals surface area contributed by atoms with Crippen molar-refractivity contribution < 1.29 is 10.2 Å². The van der Waals surface area contributed by atoms with Crippen molar-refractivity contribution in [2.24, 2.45) is 0 Å². The number of rotatable bonds is 4. The van der Waals surface area contributed by atoms with Crippen LogP contribution in [0.5, 0.6) is 0 Å². The molecule has 0 fully saturated rings. The molecule has 2 aromatic rings. The van der Waals surface area contributed by atoms with Gasteiger partial charge in [0.15, 0.2) is 0 Å². The van der Waals surface area contributed by atoms with Gasteiger partial charge in [-0.15, -0.1) is 11.7 Å². The summed E-state index contributed by atoms with van der Waals surface area (Å²) in [5, 5.41) is 27.4. The minimum absolute atomic E-state index is 0.157. The van der Waals surface area contributed by atoms with E-state index in [0.29, 0.717) is 9.92 Å². The first kappa shape index (κ1) is 14.9. The number of aliphatic hydroxyl groups is 2. The first-order chi connectivity index (χ1) is 9.53. The summed E-state index contributed by atoms with van der Waals surface area (Å²) >= 11 is 0. The number of benzene rings is 1. The lowest BCUT2D eigenvalue weighted by molar-refractivity contribution is 0.383. The standard InChI is InChI=1S/C14H15ClN2O2S/c1-2-11-20(15,14(18)19,12-7-4-3-5-8-12)13-9-6-10-16-17-13/h2-10,18-19H,1,11H2. The first-order valence-corrected chi connectivity index (χ1v) is 8.90. The van der Waals surface area contributed by atoms with Gasteiger partial charge in [0.2, 0.25) is 5.24 Å². The number of halogens is 1. The lowest BCUT2D eigenvalue weighted by Gasteiger charge is -2.41. The minimum Gasteiger partial charge on any atom is -0.336 e.